The van der Waals surface area contributed by atoms with E-state index in [1.165, 1.54) is 25.7 Å². The van der Waals surface area contributed by atoms with E-state index in [0.29, 0.717) is 24.3 Å². The molecule has 1 saturated heterocycles. The van der Waals surface area contributed by atoms with Gasteiger partial charge in [0.25, 0.3) is 0 Å². The Morgan fingerprint density at radius 1 is 1.10 bits per heavy atom. The minimum absolute atomic E-state index is 0.0280. The Hall–Kier alpha value is -1.12. The predicted molar refractivity (Wildman–Crippen MR) is 82.4 cm³/mol. The molecule has 2 fully saturated rings. The minimum atomic E-state index is -0.0280. The second-order valence-electron chi connectivity index (χ2n) is 7.24. The molecule has 21 heavy (non-hydrogen) atoms. The van der Waals surface area contributed by atoms with Gasteiger partial charge in [0, 0.05) is 6.54 Å². The van der Waals surface area contributed by atoms with Crippen molar-refractivity contribution in [3.05, 3.63) is 12.2 Å². The van der Waals surface area contributed by atoms with Crippen molar-refractivity contribution in [3.8, 4) is 0 Å². The van der Waals surface area contributed by atoms with Gasteiger partial charge in [-0.2, -0.15) is 0 Å². The zero-order chi connectivity index (χ0) is 15.0. The predicted octanol–water partition coefficient (Wildman–Crippen LogP) is 3.40. The smallest absolute Gasteiger partial charge is 0.233 e. The van der Waals surface area contributed by atoms with E-state index in [1.807, 2.05) is 0 Å². The summed E-state index contributed by atoms with van der Waals surface area (Å²) in [7, 11) is 0. The number of hydrogen-bond donors (Lipinski definition) is 0. The molecular formula is C18H27NO2. The molecule has 1 aliphatic heterocycles. The third-order valence-corrected chi connectivity index (χ3v) is 5.61. The average Bonchev–Trinajstić information content (AvgIpc) is 3.13. The van der Waals surface area contributed by atoms with Crippen LogP contribution >= 0.6 is 0 Å². The van der Waals surface area contributed by atoms with Gasteiger partial charge < -0.3 is 0 Å². The van der Waals surface area contributed by atoms with Crippen LogP contribution < -0.4 is 0 Å². The van der Waals surface area contributed by atoms with Crippen LogP contribution in [0.3, 0.4) is 0 Å². The number of unbranched alkanes of at least 4 members (excludes halogenated alkanes) is 3. The molecule has 0 radical (unpaired) electrons. The molecule has 2 bridgehead atoms. The fourth-order valence-electron chi connectivity index (χ4n) is 4.47. The van der Waals surface area contributed by atoms with Crippen molar-refractivity contribution in [2.24, 2.45) is 29.6 Å². The van der Waals surface area contributed by atoms with E-state index in [0.717, 1.165) is 12.8 Å². The topological polar surface area (TPSA) is 37.4 Å². The van der Waals surface area contributed by atoms with Gasteiger partial charge in [-0.05, 0) is 30.6 Å². The Labute approximate surface area is 127 Å². The van der Waals surface area contributed by atoms with E-state index < -0.39 is 0 Å². The Bertz CT molecular complexity index is 426. The first-order valence-corrected chi connectivity index (χ1v) is 8.67. The van der Waals surface area contributed by atoms with Gasteiger partial charge in [-0.25, -0.2) is 0 Å². The highest BCUT2D eigenvalue weighted by atomic mass is 16.2. The summed E-state index contributed by atoms with van der Waals surface area (Å²) in [4.78, 5) is 26.7. The molecule has 3 rings (SSSR count). The SMILES string of the molecule is CCCCCCC(C)CN1C(=O)C2C3C=CC(C3)C2C1=O. The molecule has 1 heterocycles. The standard InChI is InChI=1S/C18H27NO2/c1-3-4-5-6-7-12(2)11-19-17(20)15-13-8-9-14(10-13)16(15)18(19)21/h8-9,12-16H,3-7,10-11H2,1-2H3. The van der Waals surface area contributed by atoms with Crippen LogP contribution in [0.1, 0.15) is 52.4 Å². The summed E-state index contributed by atoms with van der Waals surface area (Å²) in [6, 6.07) is 0. The van der Waals surface area contributed by atoms with Gasteiger partial charge in [-0.1, -0.05) is 51.7 Å². The number of amides is 2. The molecule has 5 unspecified atom stereocenters. The van der Waals surface area contributed by atoms with E-state index in [9.17, 15) is 9.59 Å². The minimum Gasteiger partial charge on any atom is -0.282 e. The van der Waals surface area contributed by atoms with Crippen LogP contribution in [0.2, 0.25) is 0 Å². The number of likely N-dealkylation sites (tertiary alicyclic amines) is 1. The maximum atomic E-state index is 12.6. The summed E-state index contributed by atoms with van der Waals surface area (Å²) >= 11 is 0. The van der Waals surface area contributed by atoms with Crippen molar-refractivity contribution in [1.82, 2.24) is 4.90 Å². The molecule has 2 aliphatic carbocycles. The average molecular weight is 289 g/mol. The Morgan fingerprint density at radius 3 is 2.29 bits per heavy atom. The number of carbonyl (C=O) groups is 2. The fraction of sp³-hybridized carbons (Fsp3) is 0.778. The van der Waals surface area contributed by atoms with Crippen LogP contribution in [0.15, 0.2) is 12.2 Å². The van der Waals surface area contributed by atoms with Gasteiger partial charge in [0.05, 0.1) is 11.8 Å². The molecule has 0 aromatic heterocycles. The Morgan fingerprint density at radius 2 is 1.71 bits per heavy atom. The van der Waals surface area contributed by atoms with E-state index in [4.69, 9.17) is 0 Å². The van der Waals surface area contributed by atoms with Crippen LogP contribution in [-0.4, -0.2) is 23.3 Å². The van der Waals surface area contributed by atoms with Gasteiger partial charge in [0.2, 0.25) is 11.8 Å². The van der Waals surface area contributed by atoms with Crippen molar-refractivity contribution in [3.63, 3.8) is 0 Å². The second-order valence-corrected chi connectivity index (χ2v) is 7.24. The van der Waals surface area contributed by atoms with Gasteiger partial charge in [-0.15, -0.1) is 0 Å². The van der Waals surface area contributed by atoms with Crippen LogP contribution in [0.4, 0.5) is 0 Å². The zero-order valence-electron chi connectivity index (χ0n) is 13.3. The van der Waals surface area contributed by atoms with Gasteiger partial charge in [-0.3, -0.25) is 14.5 Å². The van der Waals surface area contributed by atoms with E-state index >= 15 is 0 Å². The second kappa shape index (κ2) is 5.94. The Balaban J connectivity index is 1.55. The molecule has 0 spiro atoms. The summed E-state index contributed by atoms with van der Waals surface area (Å²) in [6.07, 6.45) is 11.5. The number of hydrogen-bond acceptors (Lipinski definition) is 2. The highest BCUT2D eigenvalue weighted by molar-refractivity contribution is 6.06. The van der Waals surface area contributed by atoms with Gasteiger partial charge in [0.1, 0.15) is 0 Å². The Kier molecular flexibility index (Phi) is 4.19. The number of carbonyl (C=O) groups excluding carboxylic acids is 2. The van der Waals surface area contributed by atoms with Crippen LogP contribution in [0.25, 0.3) is 0 Å². The summed E-state index contributed by atoms with van der Waals surface area (Å²) in [5.74, 6) is 1.27. The molecule has 0 aromatic carbocycles. The van der Waals surface area contributed by atoms with Crippen LogP contribution in [-0.2, 0) is 9.59 Å². The van der Waals surface area contributed by atoms with Gasteiger partial charge in [0.15, 0.2) is 0 Å². The lowest BCUT2D eigenvalue weighted by Gasteiger charge is -2.21. The lowest BCUT2D eigenvalue weighted by atomic mass is 9.85. The highest BCUT2D eigenvalue weighted by Gasteiger charge is 2.59. The van der Waals surface area contributed by atoms with Crippen LogP contribution in [0, 0.1) is 29.6 Å². The molecule has 0 N–H and O–H groups in total. The normalized spacial score (nSPS) is 34.9. The molecule has 0 aromatic rings. The summed E-state index contributed by atoms with van der Waals surface area (Å²) in [5, 5.41) is 0. The first kappa shape index (κ1) is 14.8. The molecule has 3 aliphatic rings. The van der Waals surface area contributed by atoms with Crippen molar-refractivity contribution < 1.29 is 9.59 Å². The molecule has 5 atom stereocenters. The number of rotatable bonds is 7. The summed E-state index contributed by atoms with van der Waals surface area (Å²) < 4.78 is 0. The number of nitrogens with zero attached hydrogens (tertiary/aromatic N) is 1. The number of fused-ring (bicyclic) bond motifs is 5. The van der Waals surface area contributed by atoms with Crippen molar-refractivity contribution in [2.45, 2.75) is 52.4 Å². The molecule has 1 saturated carbocycles. The van der Waals surface area contributed by atoms with E-state index in [2.05, 4.69) is 26.0 Å². The number of allylic oxidation sites excluding steroid dienone is 2. The van der Waals surface area contributed by atoms with E-state index in [-0.39, 0.29) is 23.7 Å². The molecule has 3 nitrogen and oxygen atoms in total. The van der Waals surface area contributed by atoms with Crippen LogP contribution in [0.5, 0.6) is 0 Å². The largest absolute Gasteiger partial charge is 0.282 e. The van der Waals surface area contributed by atoms with Gasteiger partial charge >= 0.3 is 0 Å². The first-order valence-electron chi connectivity index (χ1n) is 8.67. The lowest BCUT2D eigenvalue weighted by Crippen LogP contribution is -2.36. The van der Waals surface area contributed by atoms with Crippen molar-refractivity contribution >= 4 is 11.8 Å². The maximum Gasteiger partial charge on any atom is 0.233 e. The van der Waals surface area contributed by atoms with Crippen molar-refractivity contribution in [1.29, 1.82) is 0 Å². The third kappa shape index (κ3) is 2.56. The fourth-order valence-corrected chi connectivity index (χ4v) is 4.47. The molecule has 3 heteroatoms. The number of imide groups is 1. The highest BCUT2D eigenvalue weighted by Crippen LogP contribution is 2.52. The maximum absolute atomic E-state index is 12.6. The zero-order valence-corrected chi connectivity index (χ0v) is 13.3. The summed E-state index contributed by atoms with van der Waals surface area (Å²) in [6.45, 7) is 5.02. The quantitative estimate of drug-likeness (QED) is 0.409. The first-order chi connectivity index (χ1) is 10.1. The monoisotopic (exact) mass is 289 g/mol. The van der Waals surface area contributed by atoms with E-state index in [1.54, 1.807) is 4.90 Å². The third-order valence-electron chi connectivity index (χ3n) is 5.61. The molecular weight excluding hydrogens is 262 g/mol. The van der Waals surface area contributed by atoms with Crippen molar-refractivity contribution in [2.75, 3.05) is 6.54 Å². The molecule has 2 amide bonds. The lowest BCUT2D eigenvalue weighted by molar-refractivity contribution is -0.141. The molecule has 116 valence electrons. The summed E-state index contributed by atoms with van der Waals surface area (Å²) in [5.41, 5.74) is 0.